The first-order valence-electron chi connectivity index (χ1n) is 19.2. The lowest BCUT2D eigenvalue weighted by Crippen LogP contribution is -2.64. The van der Waals surface area contributed by atoms with Crippen LogP contribution in [0.2, 0.25) is 0 Å². The number of hydrogen-bond acceptors (Lipinski definition) is 12. The number of unbranched alkanes of at least 4 members (excludes halogenated alkanes) is 5. The van der Waals surface area contributed by atoms with Crippen LogP contribution in [0.15, 0.2) is 72.9 Å². The monoisotopic (exact) mass is 784 g/mol. The Morgan fingerprint density at radius 3 is 1.57 bits per heavy atom. The number of phosphoric acid groups is 1. The highest BCUT2D eigenvalue weighted by atomic mass is 31.2. The second kappa shape index (κ2) is 30.5. The molecule has 14 heteroatoms. The Balaban J connectivity index is 2.55. The van der Waals surface area contributed by atoms with Crippen LogP contribution >= 0.6 is 7.82 Å². The van der Waals surface area contributed by atoms with E-state index in [1.165, 1.54) is 0 Å². The van der Waals surface area contributed by atoms with E-state index in [0.717, 1.165) is 64.2 Å². The van der Waals surface area contributed by atoms with Crippen molar-refractivity contribution in [3.05, 3.63) is 72.9 Å². The van der Waals surface area contributed by atoms with Gasteiger partial charge in [0, 0.05) is 12.8 Å². The highest BCUT2D eigenvalue weighted by Crippen LogP contribution is 2.47. The van der Waals surface area contributed by atoms with Crippen molar-refractivity contribution in [3.8, 4) is 0 Å². The zero-order valence-corrected chi connectivity index (χ0v) is 32.9. The van der Waals surface area contributed by atoms with Gasteiger partial charge < -0.3 is 39.9 Å². The van der Waals surface area contributed by atoms with E-state index in [0.29, 0.717) is 19.3 Å². The first kappa shape index (κ1) is 49.3. The van der Waals surface area contributed by atoms with Crippen molar-refractivity contribution in [3.63, 3.8) is 0 Å². The highest BCUT2D eigenvalue weighted by Gasteiger charge is 2.51. The highest BCUT2D eigenvalue weighted by molar-refractivity contribution is 7.47. The van der Waals surface area contributed by atoms with E-state index >= 15 is 0 Å². The Bertz CT molecular complexity index is 1230. The van der Waals surface area contributed by atoms with E-state index < -0.39 is 75.7 Å². The molecule has 0 aromatic heterocycles. The summed E-state index contributed by atoms with van der Waals surface area (Å²) in [5.41, 5.74) is 0. The minimum atomic E-state index is -5.13. The molecule has 0 amide bonds. The van der Waals surface area contributed by atoms with Gasteiger partial charge in [-0.15, -0.1) is 0 Å². The van der Waals surface area contributed by atoms with E-state index in [-0.39, 0.29) is 12.8 Å². The topological polar surface area (TPSA) is 210 Å². The van der Waals surface area contributed by atoms with Crippen LogP contribution in [-0.4, -0.2) is 98.3 Å². The van der Waals surface area contributed by atoms with Gasteiger partial charge in [-0.3, -0.25) is 18.6 Å². The maximum absolute atomic E-state index is 12.7. The lowest BCUT2D eigenvalue weighted by atomic mass is 9.85. The predicted molar refractivity (Wildman–Crippen MR) is 207 cm³/mol. The smallest absolute Gasteiger partial charge is 0.462 e. The standard InChI is InChI=1S/C40H65O13P/c1-3-5-7-9-11-12-13-14-15-16-17-18-19-20-21-22-23-25-27-29-34(42)52-32(30-50-33(41)28-26-24-10-8-6-4-2)31-51-54(48,49)53-40-38(46)36(44)35(43)37(45)39(40)47/h5,7,11-12,14-15,17-18,20-21,23,25,32,35-40,43-47H,3-4,6,8-10,13,16,19,22,24,26-31H2,1-2H3,(H,48,49)/b7-5-,12-11-,15-14-,18-17-,21-20-,25-23-. The third-order valence-corrected chi connectivity index (χ3v) is 9.31. The molecule has 0 radical (unpaired) electrons. The Morgan fingerprint density at radius 2 is 1.06 bits per heavy atom. The summed E-state index contributed by atoms with van der Waals surface area (Å²) < 4.78 is 33.1. The summed E-state index contributed by atoms with van der Waals surface area (Å²) in [6.45, 7) is 2.99. The first-order valence-corrected chi connectivity index (χ1v) is 20.7. The van der Waals surface area contributed by atoms with Gasteiger partial charge in [0.15, 0.2) is 6.10 Å². The van der Waals surface area contributed by atoms with Crippen LogP contribution < -0.4 is 0 Å². The van der Waals surface area contributed by atoms with Gasteiger partial charge in [0.25, 0.3) is 0 Å². The number of allylic oxidation sites excluding steroid dienone is 12. The molecule has 0 bridgehead atoms. The zero-order valence-electron chi connectivity index (χ0n) is 32.0. The maximum Gasteiger partial charge on any atom is 0.472 e. The maximum atomic E-state index is 12.7. The Kier molecular flexibility index (Phi) is 27.9. The van der Waals surface area contributed by atoms with Crippen molar-refractivity contribution in [1.29, 1.82) is 0 Å². The fourth-order valence-corrected chi connectivity index (χ4v) is 6.17. The van der Waals surface area contributed by atoms with E-state index in [1.54, 1.807) is 0 Å². The number of aliphatic hydroxyl groups is 5. The fraction of sp³-hybridized carbons (Fsp3) is 0.650. The van der Waals surface area contributed by atoms with Gasteiger partial charge >= 0.3 is 19.8 Å². The summed E-state index contributed by atoms with van der Waals surface area (Å²) in [7, 11) is -5.13. The molecule has 0 saturated heterocycles. The number of aliphatic hydroxyl groups excluding tert-OH is 5. The van der Waals surface area contributed by atoms with Crippen molar-refractivity contribution in [1.82, 2.24) is 0 Å². The molecule has 0 spiro atoms. The molecule has 13 nitrogen and oxygen atoms in total. The van der Waals surface area contributed by atoms with E-state index in [9.17, 15) is 44.6 Å². The number of carbonyl (C=O) groups excluding carboxylic acids is 2. The molecule has 1 aliphatic rings. The van der Waals surface area contributed by atoms with E-state index in [1.807, 2.05) is 18.2 Å². The summed E-state index contributed by atoms with van der Waals surface area (Å²) >= 11 is 0. The number of rotatable bonds is 29. The Morgan fingerprint density at radius 1 is 0.593 bits per heavy atom. The normalized spacial score (nSPS) is 24.1. The van der Waals surface area contributed by atoms with Gasteiger partial charge in [0.05, 0.1) is 6.61 Å². The number of esters is 2. The van der Waals surface area contributed by atoms with Gasteiger partial charge in [-0.25, -0.2) is 4.57 Å². The molecule has 6 unspecified atom stereocenters. The molecule has 308 valence electrons. The molecular formula is C40H65O13P. The molecule has 6 N–H and O–H groups in total. The van der Waals surface area contributed by atoms with Crippen LogP contribution in [0, 0.1) is 0 Å². The number of ether oxygens (including phenoxy) is 2. The van der Waals surface area contributed by atoms with Gasteiger partial charge in [-0.05, 0) is 51.4 Å². The number of hydrogen-bond donors (Lipinski definition) is 6. The van der Waals surface area contributed by atoms with E-state index in [2.05, 4.69) is 68.5 Å². The third kappa shape index (κ3) is 23.3. The van der Waals surface area contributed by atoms with Gasteiger partial charge in [0.2, 0.25) is 0 Å². The molecule has 1 rings (SSSR count). The largest absolute Gasteiger partial charge is 0.472 e. The predicted octanol–water partition coefficient (Wildman–Crippen LogP) is 5.99. The van der Waals surface area contributed by atoms with E-state index in [4.69, 9.17) is 18.5 Å². The second-order valence-electron chi connectivity index (χ2n) is 13.1. The summed E-state index contributed by atoms with van der Waals surface area (Å²) in [5.74, 6) is -1.22. The average Bonchev–Trinajstić information content (AvgIpc) is 3.15. The summed E-state index contributed by atoms with van der Waals surface area (Å²) in [6.07, 6.45) is 23.2. The fourth-order valence-electron chi connectivity index (χ4n) is 5.19. The van der Waals surface area contributed by atoms with Crippen LogP contribution in [0.1, 0.15) is 110 Å². The molecule has 0 aromatic carbocycles. The second-order valence-corrected chi connectivity index (χ2v) is 14.5. The van der Waals surface area contributed by atoms with Crippen molar-refractivity contribution in [2.24, 2.45) is 0 Å². The number of carbonyl (C=O) groups is 2. The lowest BCUT2D eigenvalue weighted by Gasteiger charge is -2.41. The molecule has 0 aromatic rings. The van der Waals surface area contributed by atoms with Crippen molar-refractivity contribution in [2.45, 2.75) is 153 Å². The van der Waals surface area contributed by atoms with Gasteiger partial charge in [0.1, 0.15) is 43.2 Å². The number of phosphoric ester groups is 1. The Labute approximate surface area is 321 Å². The summed E-state index contributed by atoms with van der Waals surface area (Å²) in [4.78, 5) is 35.2. The van der Waals surface area contributed by atoms with Crippen LogP contribution in [0.3, 0.4) is 0 Å². The van der Waals surface area contributed by atoms with Gasteiger partial charge in [-0.2, -0.15) is 0 Å². The molecular weight excluding hydrogens is 719 g/mol. The third-order valence-electron chi connectivity index (χ3n) is 8.33. The van der Waals surface area contributed by atoms with Crippen molar-refractivity contribution < 1.29 is 63.1 Å². The minimum absolute atomic E-state index is 0.0315. The molecule has 1 aliphatic carbocycles. The molecule has 1 saturated carbocycles. The molecule has 54 heavy (non-hydrogen) atoms. The molecule has 0 aliphatic heterocycles. The average molecular weight is 785 g/mol. The molecule has 6 atom stereocenters. The van der Waals surface area contributed by atoms with Crippen LogP contribution in [-0.2, 0) is 32.7 Å². The zero-order chi connectivity index (χ0) is 40.0. The van der Waals surface area contributed by atoms with Gasteiger partial charge in [-0.1, -0.05) is 119 Å². The van der Waals surface area contributed by atoms with Crippen LogP contribution in [0.25, 0.3) is 0 Å². The SMILES string of the molecule is CC/C=C\C/C=C\C/C=C\C/C=C\C/C=C\C/C=C\CCC(=O)OC(COC(=O)CCCCCCCC)COP(=O)(O)OC1C(O)C(O)C(O)C(O)C1O. The quantitative estimate of drug-likeness (QED) is 0.0223. The van der Waals surface area contributed by atoms with Crippen molar-refractivity contribution >= 4 is 19.8 Å². The first-order chi connectivity index (χ1) is 25.9. The molecule has 0 heterocycles. The van der Waals surface area contributed by atoms with Crippen LogP contribution in [0.5, 0.6) is 0 Å². The summed E-state index contributed by atoms with van der Waals surface area (Å²) in [6, 6.07) is 0. The summed E-state index contributed by atoms with van der Waals surface area (Å²) in [5, 5.41) is 49.8. The minimum Gasteiger partial charge on any atom is -0.462 e. The molecule has 1 fully saturated rings. The lowest BCUT2D eigenvalue weighted by molar-refractivity contribution is -0.220. The van der Waals surface area contributed by atoms with Crippen molar-refractivity contribution in [2.75, 3.05) is 13.2 Å². The van der Waals surface area contributed by atoms with Crippen LogP contribution in [0.4, 0.5) is 0 Å². The Hall–Kier alpha value is -2.71.